The number of halogens is 1. The van der Waals surface area contributed by atoms with E-state index in [2.05, 4.69) is 63.9 Å². The van der Waals surface area contributed by atoms with Crippen molar-refractivity contribution >= 4 is 39.2 Å². The Morgan fingerprint density at radius 3 is 2.47 bits per heavy atom. The molecule has 3 aromatic carbocycles. The molecule has 3 amide bonds. The van der Waals surface area contributed by atoms with Crippen LogP contribution in [0.25, 0.3) is 5.69 Å². The summed E-state index contributed by atoms with van der Waals surface area (Å²) >= 11 is 3.50. The molecular weight excluding hydrogens is 540 g/mol. The number of amides is 3. The Bertz CT molecular complexity index is 1460. The zero-order valence-electron chi connectivity index (χ0n) is 21.6. The number of rotatable bonds is 7. The van der Waals surface area contributed by atoms with Crippen molar-refractivity contribution in [3.63, 3.8) is 0 Å². The molecule has 6 nitrogen and oxygen atoms in total. The van der Waals surface area contributed by atoms with Crippen molar-refractivity contribution in [2.24, 2.45) is 0 Å². The van der Waals surface area contributed by atoms with Crippen LogP contribution in [0.2, 0.25) is 0 Å². The maximum absolute atomic E-state index is 14.2. The van der Waals surface area contributed by atoms with E-state index >= 15 is 0 Å². The van der Waals surface area contributed by atoms with Crippen LogP contribution in [0.3, 0.4) is 0 Å². The molecule has 0 aliphatic carbocycles. The van der Waals surface area contributed by atoms with E-state index in [0.717, 1.165) is 45.5 Å². The van der Waals surface area contributed by atoms with Crippen molar-refractivity contribution < 1.29 is 9.59 Å². The highest BCUT2D eigenvalue weighted by Gasteiger charge is 2.37. The SMILES string of the molecule is CCCCN(CC(=O)N1c2ccccc2-n2cccc2C1c1cccc(C)c1)C(=O)Nc1ccccc1Br. The lowest BCUT2D eigenvalue weighted by Crippen LogP contribution is -2.48. The van der Waals surface area contributed by atoms with Crippen molar-refractivity contribution in [3.05, 3.63) is 112 Å². The quantitative estimate of drug-likeness (QED) is 0.253. The van der Waals surface area contributed by atoms with Crippen LogP contribution in [-0.2, 0) is 4.79 Å². The fraction of sp³-hybridized carbons (Fsp3) is 0.226. The number of anilines is 2. The number of fused-ring (bicyclic) bond motifs is 3. The van der Waals surface area contributed by atoms with Crippen LogP contribution in [0.4, 0.5) is 16.2 Å². The molecule has 38 heavy (non-hydrogen) atoms. The van der Waals surface area contributed by atoms with Gasteiger partial charge in [0.2, 0.25) is 5.91 Å². The summed E-state index contributed by atoms with van der Waals surface area (Å²) < 4.78 is 2.95. The Kier molecular flexibility index (Phi) is 7.65. The number of benzene rings is 3. The average Bonchev–Trinajstić information content (AvgIpc) is 3.41. The zero-order valence-corrected chi connectivity index (χ0v) is 23.2. The maximum atomic E-state index is 14.2. The van der Waals surface area contributed by atoms with Gasteiger partial charge in [0.05, 0.1) is 22.8 Å². The molecular formula is C31H31BrN4O2. The van der Waals surface area contributed by atoms with Gasteiger partial charge in [0.25, 0.3) is 0 Å². The summed E-state index contributed by atoms with van der Waals surface area (Å²) in [6.07, 6.45) is 3.76. The predicted octanol–water partition coefficient (Wildman–Crippen LogP) is 7.32. The van der Waals surface area contributed by atoms with Gasteiger partial charge in [0.15, 0.2) is 0 Å². The van der Waals surface area contributed by atoms with Gasteiger partial charge in [-0.3, -0.25) is 9.69 Å². The number of aryl methyl sites for hydroxylation is 1. The molecule has 1 atom stereocenters. The topological polar surface area (TPSA) is 57.6 Å². The monoisotopic (exact) mass is 570 g/mol. The number of urea groups is 1. The number of unbranched alkanes of at least 4 members (excludes halogenated alkanes) is 1. The van der Waals surface area contributed by atoms with Crippen LogP contribution < -0.4 is 10.2 Å². The van der Waals surface area contributed by atoms with Crippen LogP contribution in [-0.4, -0.2) is 34.5 Å². The largest absolute Gasteiger partial charge is 0.322 e. The number of hydrogen-bond donors (Lipinski definition) is 1. The van der Waals surface area contributed by atoms with E-state index in [0.29, 0.717) is 12.2 Å². The van der Waals surface area contributed by atoms with Gasteiger partial charge in [-0.15, -0.1) is 0 Å². The molecule has 4 aromatic rings. The summed E-state index contributed by atoms with van der Waals surface area (Å²) in [6.45, 7) is 4.59. The van der Waals surface area contributed by atoms with Crippen molar-refractivity contribution in [1.82, 2.24) is 9.47 Å². The number of para-hydroxylation sites is 3. The van der Waals surface area contributed by atoms with E-state index in [4.69, 9.17) is 0 Å². The lowest BCUT2D eigenvalue weighted by molar-refractivity contribution is -0.119. The number of aromatic nitrogens is 1. The molecule has 0 saturated carbocycles. The smallest absolute Gasteiger partial charge is 0.316 e. The van der Waals surface area contributed by atoms with E-state index in [1.54, 1.807) is 4.90 Å². The van der Waals surface area contributed by atoms with E-state index in [1.165, 1.54) is 0 Å². The van der Waals surface area contributed by atoms with Crippen molar-refractivity contribution in [1.29, 1.82) is 0 Å². The molecule has 194 valence electrons. The number of hydrogen-bond acceptors (Lipinski definition) is 2. The molecule has 1 aromatic heterocycles. The predicted molar refractivity (Wildman–Crippen MR) is 156 cm³/mol. The van der Waals surface area contributed by atoms with Gasteiger partial charge in [-0.2, -0.15) is 0 Å². The first kappa shape index (κ1) is 25.8. The Balaban J connectivity index is 1.51. The van der Waals surface area contributed by atoms with Crippen LogP contribution in [0.5, 0.6) is 0 Å². The summed E-state index contributed by atoms with van der Waals surface area (Å²) in [5.74, 6) is -0.130. The third-order valence-electron chi connectivity index (χ3n) is 6.86. The maximum Gasteiger partial charge on any atom is 0.322 e. The summed E-state index contributed by atoms with van der Waals surface area (Å²) in [7, 11) is 0. The van der Waals surface area contributed by atoms with E-state index < -0.39 is 0 Å². The van der Waals surface area contributed by atoms with Gasteiger partial charge < -0.3 is 14.8 Å². The first-order valence-electron chi connectivity index (χ1n) is 12.9. The van der Waals surface area contributed by atoms with Gasteiger partial charge in [-0.05, 0) is 71.2 Å². The molecule has 0 bridgehead atoms. The molecule has 2 heterocycles. The normalized spacial score (nSPS) is 14.0. The van der Waals surface area contributed by atoms with E-state index in [-0.39, 0.29) is 24.5 Å². The molecule has 7 heteroatoms. The minimum atomic E-state index is -0.313. The molecule has 0 radical (unpaired) electrons. The highest BCUT2D eigenvalue weighted by atomic mass is 79.9. The second-order valence-corrected chi connectivity index (χ2v) is 10.4. The average molecular weight is 572 g/mol. The van der Waals surface area contributed by atoms with E-state index in [9.17, 15) is 9.59 Å². The molecule has 0 spiro atoms. The Labute approximate surface area is 232 Å². The van der Waals surface area contributed by atoms with Gasteiger partial charge in [0, 0.05) is 17.2 Å². The molecule has 1 N–H and O–H groups in total. The highest BCUT2D eigenvalue weighted by molar-refractivity contribution is 9.10. The van der Waals surface area contributed by atoms with Crippen LogP contribution in [0.1, 0.15) is 42.6 Å². The molecule has 1 aliphatic heterocycles. The Hall–Kier alpha value is -3.84. The van der Waals surface area contributed by atoms with Gasteiger partial charge >= 0.3 is 6.03 Å². The third-order valence-corrected chi connectivity index (χ3v) is 7.55. The highest BCUT2D eigenvalue weighted by Crippen LogP contribution is 2.42. The lowest BCUT2D eigenvalue weighted by Gasteiger charge is -2.39. The van der Waals surface area contributed by atoms with Crippen LogP contribution >= 0.6 is 15.9 Å². The van der Waals surface area contributed by atoms with Crippen molar-refractivity contribution in [2.75, 3.05) is 23.3 Å². The molecule has 0 fully saturated rings. The molecule has 1 aliphatic rings. The minimum absolute atomic E-state index is 0.0341. The summed E-state index contributed by atoms with van der Waals surface area (Å²) in [5.41, 5.74) is 5.62. The molecule has 1 unspecified atom stereocenters. The fourth-order valence-electron chi connectivity index (χ4n) is 5.02. The summed E-state index contributed by atoms with van der Waals surface area (Å²) in [5, 5.41) is 2.97. The number of nitrogens with one attached hydrogen (secondary N) is 1. The number of carbonyl (C=O) groups is 2. The second-order valence-electron chi connectivity index (χ2n) is 9.56. The molecule has 0 saturated heterocycles. The number of nitrogens with zero attached hydrogens (tertiary/aromatic N) is 3. The lowest BCUT2D eigenvalue weighted by atomic mass is 9.96. The zero-order chi connectivity index (χ0) is 26.6. The van der Waals surface area contributed by atoms with Gasteiger partial charge in [-0.25, -0.2) is 4.79 Å². The van der Waals surface area contributed by atoms with Gasteiger partial charge in [-0.1, -0.05) is 67.4 Å². The fourth-order valence-corrected chi connectivity index (χ4v) is 5.40. The summed E-state index contributed by atoms with van der Waals surface area (Å²) in [4.78, 5) is 31.1. The van der Waals surface area contributed by atoms with E-state index in [1.807, 2.05) is 71.8 Å². The van der Waals surface area contributed by atoms with Gasteiger partial charge in [0.1, 0.15) is 12.6 Å². The first-order chi connectivity index (χ1) is 18.5. The minimum Gasteiger partial charge on any atom is -0.316 e. The Morgan fingerprint density at radius 2 is 1.71 bits per heavy atom. The van der Waals surface area contributed by atoms with Crippen LogP contribution in [0.15, 0.2) is 95.6 Å². The second kappa shape index (κ2) is 11.3. The van der Waals surface area contributed by atoms with Crippen LogP contribution in [0, 0.1) is 6.92 Å². The standard InChI is InChI=1S/C31H31BrN4O2/c1-3-4-18-34(31(38)33-25-14-6-5-13-24(25)32)21-29(37)36-27-16-8-7-15-26(27)35-19-10-17-28(35)30(36)23-12-9-11-22(2)20-23/h5-17,19-20,30H,3-4,18,21H2,1-2H3,(H,33,38). The van der Waals surface area contributed by atoms with Crippen molar-refractivity contribution in [2.45, 2.75) is 32.7 Å². The number of carbonyl (C=O) groups excluding carboxylic acids is 2. The van der Waals surface area contributed by atoms with Crippen molar-refractivity contribution in [3.8, 4) is 5.69 Å². The summed E-state index contributed by atoms with van der Waals surface area (Å²) in [6, 6.07) is 27.2. The molecule has 5 rings (SSSR count). The third kappa shape index (κ3) is 5.11. The first-order valence-corrected chi connectivity index (χ1v) is 13.7. The Morgan fingerprint density at radius 1 is 0.947 bits per heavy atom.